The number of nitrogens with zero attached hydrogens (tertiary/aromatic N) is 4. The van der Waals surface area contributed by atoms with Gasteiger partial charge in [-0.25, -0.2) is 14.4 Å². The van der Waals surface area contributed by atoms with Gasteiger partial charge in [0.2, 0.25) is 5.91 Å². The highest BCUT2D eigenvalue weighted by atomic mass is 19.1. The molecule has 0 radical (unpaired) electrons. The largest absolute Gasteiger partial charge is 0.354 e. The van der Waals surface area contributed by atoms with Gasteiger partial charge in [-0.1, -0.05) is 6.92 Å². The van der Waals surface area contributed by atoms with Gasteiger partial charge < -0.3 is 16.0 Å². The number of hydrogen-bond acceptors (Lipinski definition) is 8. The summed E-state index contributed by atoms with van der Waals surface area (Å²) in [5.74, 6) is -0.705. The third-order valence-electron chi connectivity index (χ3n) is 5.08. The van der Waals surface area contributed by atoms with Gasteiger partial charge in [0.1, 0.15) is 24.0 Å². The van der Waals surface area contributed by atoms with Crippen LogP contribution in [0.15, 0.2) is 35.3 Å². The van der Waals surface area contributed by atoms with Crippen LogP contribution in [0.1, 0.15) is 41.5 Å². The molecule has 2 aliphatic rings. The molecule has 160 valence electrons. The first-order chi connectivity index (χ1) is 15.0. The zero-order valence-electron chi connectivity index (χ0n) is 17.1. The summed E-state index contributed by atoms with van der Waals surface area (Å²) in [5, 5.41) is 9.02. The minimum absolute atomic E-state index is 0.0145. The second kappa shape index (κ2) is 8.58. The minimum Gasteiger partial charge on any atom is -0.354 e. The van der Waals surface area contributed by atoms with Crippen molar-refractivity contribution in [3.05, 3.63) is 47.3 Å². The Kier molecular flexibility index (Phi) is 5.70. The summed E-state index contributed by atoms with van der Waals surface area (Å²) in [5.41, 5.74) is 3.98. The van der Waals surface area contributed by atoms with Crippen molar-refractivity contribution < 1.29 is 14.0 Å². The molecule has 1 fully saturated rings. The molecule has 4 rings (SSSR count). The number of pyridine rings is 1. The van der Waals surface area contributed by atoms with Crippen LogP contribution in [0.3, 0.4) is 0 Å². The van der Waals surface area contributed by atoms with Crippen LogP contribution in [0.2, 0.25) is 0 Å². The third kappa shape index (κ3) is 4.57. The molecular weight excluding hydrogens is 401 g/mol. The Balaban J connectivity index is 1.58. The number of amides is 1. The van der Waals surface area contributed by atoms with E-state index in [4.69, 9.17) is 0 Å². The number of alkyl halides is 1. The van der Waals surface area contributed by atoms with Crippen LogP contribution < -0.4 is 16.0 Å². The van der Waals surface area contributed by atoms with Crippen LogP contribution in [0, 0.1) is 12.8 Å². The van der Waals surface area contributed by atoms with Crippen molar-refractivity contribution in [2.75, 3.05) is 17.2 Å². The van der Waals surface area contributed by atoms with Crippen LogP contribution in [-0.2, 0) is 4.79 Å². The summed E-state index contributed by atoms with van der Waals surface area (Å²) >= 11 is 0. The Hall–Kier alpha value is -3.69. The summed E-state index contributed by atoms with van der Waals surface area (Å²) in [6.45, 7) is 4.06. The van der Waals surface area contributed by atoms with Crippen molar-refractivity contribution in [1.29, 1.82) is 0 Å². The molecule has 1 aliphatic heterocycles. The van der Waals surface area contributed by atoms with Gasteiger partial charge in [0.05, 0.1) is 47.8 Å². The molecule has 2 atom stereocenters. The second-order valence-electron chi connectivity index (χ2n) is 7.39. The lowest BCUT2D eigenvalue weighted by atomic mass is 10.1. The highest BCUT2D eigenvalue weighted by molar-refractivity contribution is 5.95. The number of hydrogen-bond donors (Lipinski definition) is 3. The molecule has 0 aromatic carbocycles. The third-order valence-corrected chi connectivity index (χ3v) is 5.08. The van der Waals surface area contributed by atoms with E-state index in [0.717, 1.165) is 16.9 Å². The van der Waals surface area contributed by atoms with Crippen molar-refractivity contribution in [1.82, 2.24) is 20.3 Å². The number of halogens is 1. The fourth-order valence-corrected chi connectivity index (χ4v) is 3.14. The predicted molar refractivity (Wildman–Crippen MR) is 114 cm³/mol. The maximum absolute atomic E-state index is 13.1. The van der Waals surface area contributed by atoms with E-state index >= 15 is 0 Å². The molecule has 0 saturated heterocycles. The first kappa shape index (κ1) is 20.6. The van der Waals surface area contributed by atoms with Crippen molar-refractivity contribution >= 4 is 35.2 Å². The lowest BCUT2D eigenvalue weighted by Gasteiger charge is -2.20. The summed E-state index contributed by atoms with van der Waals surface area (Å²) in [6.07, 6.45) is 4.08. The number of aliphatic imine (C=N–C) groups is 1. The number of aryl methyl sites for hydroxylation is 1. The fraction of sp³-hybridized carbons (Fsp3) is 0.333. The summed E-state index contributed by atoms with van der Waals surface area (Å²) in [4.78, 5) is 40.7. The van der Waals surface area contributed by atoms with Crippen molar-refractivity contribution in [2.45, 2.75) is 32.9 Å². The fourth-order valence-electron chi connectivity index (χ4n) is 3.14. The van der Waals surface area contributed by atoms with E-state index in [-0.39, 0.29) is 18.1 Å². The average molecular weight is 423 g/mol. The Morgan fingerprint density at radius 1 is 1.26 bits per heavy atom. The quantitative estimate of drug-likeness (QED) is 0.585. The number of rotatable bonds is 7. The molecule has 2 unspecified atom stereocenters. The maximum Gasteiger partial charge on any atom is 0.231 e. The second-order valence-corrected chi connectivity index (χ2v) is 7.39. The number of ketones is 1. The van der Waals surface area contributed by atoms with Gasteiger partial charge in [-0.05, 0) is 25.0 Å². The number of nitrogens with one attached hydrogen (secondary N) is 3. The van der Waals surface area contributed by atoms with Gasteiger partial charge in [0.15, 0.2) is 5.78 Å². The number of anilines is 2. The average Bonchev–Trinajstić information content (AvgIpc) is 3.52. The van der Waals surface area contributed by atoms with Gasteiger partial charge in [0, 0.05) is 12.5 Å². The molecule has 3 N–H and O–H groups in total. The zero-order chi connectivity index (χ0) is 22.0. The molecule has 1 amide bonds. The molecule has 9 nitrogen and oxygen atoms in total. The van der Waals surface area contributed by atoms with Gasteiger partial charge >= 0.3 is 0 Å². The van der Waals surface area contributed by atoms with E-state index in [1.54, 1.807) is 31.6 Å². The molecule has 1 saturated carbocycles. The minimum atomic E-state index is -1.08. The molecule has 3 heterocycles. The van der Waals surface area contributed by atoms with E-state index < -0.39 is 12.1 Å². The van der Waals surface area contributed by atoms with Gasteiger partial charge in [-0.15, -0.1) is 0 Å². The van der Waals surface area contributed by atoms with E-state index in [0.29, 0.717) is 35.9 Å². The lowest BCUT2D eigenvalue weighted by molar-refractivity contribution is -0.117. The van der Waals surface area contributed by atoms with Crippen LogP contribution in [0.5, 0.6) is 0 Å². The standard InChI is InChI=1S/C21H22FN7O2/c1-3-18(30)14-4-11(2)16(8-24-14)28-17-7-23-9-27-20(17)15-6-19(26-10-25-15)29-21(31)12-5-13(12)22/h4,6,8-10,12-13,28H,3,5,7H2,1-2H3,(H,23,27)(H,25,26,29,31). The van der Waals surface area contributed by atoms with Crippen LogP contribution >= 0.6 is 0 Å². The van der Waals surface area contributed by atoms with E-state index in [9.17, 15) is 14.0 Å². The molecule has 0 bridgehead atoms. The molecular formula is C21H22FN7O2. The van der Waals surface area contributed by atoms with Crippen LogP contribution in [-0.4, -0.2) is 45.7 Å². The lowest BCUT2D eigenvalue weighted by Crippen LogP contribution is -2.23. The zero-order valence-corrected chi connectivity index (χ0v) is 17.1. The number of carbonyl (C=O) groups is 2. The summed E-state index contributed by atoms with van der Waals surface area (Å²) in [7, 11) is 0. The molecule has 0 spiro atoms. The van der Waals surface area contributed by atoms with E-state index in [1.807, 2.05) is 6.92 Å². The highest BCUT2D eigenvalue weighted by Crippen LogP contribution is 2.34. The van der Waals surface area contributed by atoms with Crippen molar-refractivity contribution in [3.63, 3.8) is 0 Å². The Bertz CT molecular complexity index is 1100. The molecule has 31 heavy (non-hydrogen) atoms. The van der Waals surface area contributed by atoms with Crippen molar-refractivity contribution in [2.24, 2.45) is 10.9 Å². The molecule has 1 aliphatic carbocycles. The monoisotopic (exact) mass is 423 g/mol. The maximum atomic E-state index is 13.1. The SMILES string of the molecule is CCC(=O)c1cc(C)c(NC2=C(c3cc(NC(=O)C4CC4F)ncn3)NC=NC2)cn1. The molecule has 10 heteroatoms. The number of aromatic nitrogens is 3. The Morgan fingerprint density at radius 3 is 2.77 bits per heavy atom. The van der Waals surface area contributed by atoms with Gasteiger partial charge in [-0.3, -0.25) is 19.6 Å². The normalized spacial score (nSPS) is 19.6. The van der Waals surface area contributed by atoms with E-state index in [2.05, 4.69) is 35.9 Å². The first-order valence-corrected chi connectivity index (χ1v) is 9.98. The predicted octanol–water partition coefficient (Wildman–Crippen LogP) is 2.48. The van der Waals surface area contributed by atoms with Crippen LogP contribution in [0.25, 0.3) is 5.70 Å². The summed E-state index contributed by atoms with van der Waals surface area (Å²) < 4.78 is 13.1. The van der Waals surface area contributed by atoms with Crippen LogP contribution in [0.4, 0.5) is 15.9 Å². The van der Waals surface area contributed by atoms with E-state index in [1.165, 1.54) is 6.33 Å². The topological polar surface area (TPSA) is 121 Å². The summed E-state index contributed by atoms with van der Waals surface area (Å²) in [6, 6.07) is 3.37. The van der Waals surface area contributed by atoms with Crippen molar-refractivity contribution in [3.8, 4) is 0 Å². The number of Topliss-reactive ketones (excluding diaryl/α,β-unsaturated/α-hetero) is 1. The highest BCUT2D eigenvalue weighted by Gasteiger charge is 2.43. The Labute approximate surface area is 178 Å². The number of carbonyl (C=O) groups excluding carboxylic acids is 2. The molecule has 2 aromatic heterocycles. The molecule has 2 aromatic rings. The van der Waals surface area contributed by atoms with Gasteiger partial charge in [-0.2, -0.15) is 0 Å². The smallest absolute Gasteiger partial charge is 0.231 e. The Morgan fingerprint density at radius 2 is 2.06 bits per heavy atom. The first-order valence-electron chi connectivity index (χ1n) is 9.98. The van der Waals surface area contributed by atoms with Gasteiger partial charge in [0.25, 0.3) is 0 Å².